The van der Waals surface area contributed by atoms with Crippen LogP contribution in [0.4, 0.5) is 0 Å². The first-order valence-electron chi connectivity index (χ1n) is 0.354. The summed E-state index contributed by atoms with van der Waals surface area (Å²) in [6, 6.07) is 0. The van der Waals surface area contributed by atoms with Crippen molar-refractivity contribution in [1.82, 2.24) is 0 Å². The fourth-order valence-electron chi connectivity index (χ4n) is 0. The van der Waals surface area contributed by atoms with Gasteiger partial charge in [0.05, 0.1) is 0 Å². The van der Waals surface area contributed by atoms with Crippen LogP contribution in [0.1, 0.15) is 1.43 Å². The van der Waals surface area contributed by atoms with E-state index >= 15 is 0 Å². The van der Waals surface area contributed by atoms with Crippen molar-refractivity contribution in [3.63, 3.8) is 0 Å². The van der Waals surface area contributed by atoms with Crippen molar-refractivity contribution in [2.45, 2.75) is 0 Å². The average Bonchev–Trinajstić information content (AvgIpc) is 1.00. The van der Waals surface area contributed by atoms with Gasteiger partial charge in [0.1, 0.15) is 0 Å². The molecule has 0 aliphatic carbocycles. The maximum atomic E-state index is 5.50. The summed E-state index contributed by atoms with van der Waals surface area (Å²) in [5.74, 6) is 0. The number of hydrogen-bond donors (Lipinski definition) is 0. The van der Waals surface area contributed by atoms with Crippen LogP contribution in [0.15, 0.2) is 6.58 Å². The first kappa shape index (κ1) is 20.8. The molecule has 0 aliphatic heterocycles. The standard InChI is InChI=1S/C2H2.Pb.H3Si.H2/c1-2;;;/h1H2;;1H3;1H. The van der Waals surface area contributed by atoms with Gasteiger partial charge >= 0.3 is 0 Å². The summed E-state index contributed by atoms with van der Waals surface area (Å²) in [6.07, 6.45) is 0. The van der Waals surface area contributed by atoms with Gasteiger partial charge in [0, 0.05) is 28.7 Å². The topological polar surface area (TPSA) is 0 Å². The van der Waals surface area contributed by atoms with E-state index in [9.17, 15) is 0 Å². The zero-order valence-electron chi connectivity index (χ0n) is 2.71. The molecule has 0 aliphatic rings. The molecule has 7 radical (unpaired) electrons. The van der Waals surface area contributed by atoms with Gasteiger partial charge in [0.15, 0.2) is 0 Å². The van der Waals surface area contributed by atoms with Crippen LogP contribution in [0, 0.1) is 6.58 Å². The smallest absolute Gasteiger partial charge is 0 e. The van der Waals surface area contributed by atoms with Crippen molar-refractivity contribution in [3.05, 3.63) is 13.2 Å². The van der Waals surface area contributed by atoms with Crippen LogP contribution < -0.4 is 0 Å². The Labute approximate surface area is 53.0 Å². The van der Waals surface area contributed by atoms with Crippen molar-refractivity contribution < 1.29 is 1.43 Å². The van der Waals surface area contributed by atoms with Gasteiger partial charge in [-0.1, -0.05) is 6.58 Å². The molecular weight excluding hydrogens is 259 g/mol. The first-order chi connectivity index (χ1) is 1.00. The third-order valence-electron chi connectivity index (χ3n) is 0. The van der Waals surface area contributed by atoms with Gasteiger partial charge < -0.3 is 0 Å². The van der Waals surface area contributed by atoms with Gasteiger partial charge in [0.25, 0.3) is 0 Å². The molecule has 2 heteroatoms. The number of hydrogen-bond acceptors (Lipinski definition) is 0. The predicted molar refractivity (Wildman–Crippen MR) is 26.7 cm³/mol. The van der Waals surface area contributed by atoms with Crippen LogP contribution in [-0.2, 0) is 0 Å². The normalized spacial score (nSPS) is 1.00. The van der Waals surface area contributed by atoms with Gasteiger partial charge in [-0.15, -0.1) is 0 Å². The molecule has 0 unspecified atom stereocenters. The molecule has 0 aromatic rings. The summed E-state index contributed by atoms with van der Waals surface area (Å²) in [7, 11) is 0. The van der Waals surface area contributed by atoms with Gasteiger partial charge in [0.2, 0.25) is 0 Å². The quantitative estimate of drug-likeness (QED) is 0.502. The van der Waals surface area contributed by atoms with E-state index in [1.807, 2.05) is 0 Å². The van der Waals surface area contributed by atoms with Gasteiger partial charge in [-0.05, 0) is 17.5 Å². The van der Waals surface area contributed by atoms with Crippen molar-refractivity contribution >= 4 is 38.3 Å². The minimum absolute atomic E-state index is 0. The van der Waals surface area contributed by atoms with E-state index in [1.165, 1.54) is 0 Å². The van der Waals surface area contributed by atoms with Crippen LogP contribution >= 0.6 is 0 Å². The van der Waals surface area contributed by atoms with E-state index in [-0.39, 0.29) is 39.7 Å². The van der Waals surface area contributed by atoms with Crippen LogP contribution in [0.25, 0.3) is 0 Å². The van der Waals surface area contributed by atoms with Crippen LogP contribution in [-0.4, -0.2) is 38.3 Å². The molecule has 0 nitrogen and oxygen atoms in total. The van der Waals surface area contributed by atoms with Crippen molar-refractivity contribution in [3.8, 4) is 0 Å². The van der Waals surface area contributed by atoms with Crippen LogP contribution in [0.5, 0.6) is 0 Å². The summed E-state index contributed by atoms with van der Waals surface area (Å²) < 4.78 is 0. The number of rotatable bonds is 0. The Kier molecular flexibility index (Phi) is 216. The summed E-state index contributed by atoms with van der Waals surface area (Å²) in [4.78, 5) is 0. The van der Waals surface area contributed by atoms with Crippen LogP contribution in [0.3, 0.4) is 0 Å². The van der Waals surface area contributed by atoms with Crippen molar-refractivity contribution in [2.75, 3.05) is 0 Å². The molecule has 0 bridgehead atoms. The Hall–Kier alpha value is 0.879. The van der Waals surface area contributed by atoms with E-state index in [4.69, 9.17) is 6.58 Å². The molecule has 0 amide bonds. The minimum Gasteiger partial charge on any atom is -0.0906 e. The molecule has 0 aromatic carbocycles. The molecule has 0 saturated carbocycles. The molecule has 0 heterocycles. The van der Waals surface area contributed by atoms with Crippen molar-refractivity contribution in [1.29, 1.82) is 0 Å². The molecule has 4 heavy (non-hydrogen) atoms. The van der Waals surface area contributed by atoms with E-state index in [0.717, 1.165) is 0 Å². The summed E-state index contributed by atoms with van der Waals surface area (Å²) in [5.41, 5.74) is 0. The predicted octanol–water partition coefficient (Wildman–Crippen LogP) is -0.836. The maximum absolute atomic E-state index is 5.50. The first-order valence-corrected chi connectivity index (χ1v) is 0.354. The monoisotopic (exact) mass is 267 g/mol. The van der Waals surface area contributed by atoms with E-state index in [0.29, 0.717) is 0 Å². The van der Waals surface area contributed by atoms with Gasteiger partial charge in [-0.2, -0.15) is 0 Å². The Morgan fingerprint density at radius 3 is 1.50 bits per heavy atom. The molecule has 0 rings (SSSR count). The second kappa shape index (κ2) is 41.6. The second-order valence-electron chi connectivity index (χ2n) is 0. The third kappa shape index (κ3) is 13.2. The molecular formula is C2H7PbSi. The molecule has 0 N–H and O–H groups in total. The SMILES string of the molecule is [C]=C.[HH].[Pb].[SiH3]. The van der Waals surface area contributed by atoms with Gasteiger partial charge in [-0.25, -0.2) is 0 Å². The summed E-state index contributed by atoms with van der Waals surface area (Å²) in [5, 5.41) is 0. The van der Waals surface area contributed by atoms with E-state index in [2.05, 4.69) is 6.58 Å². The Morgan fingerprint density at radius 1 is 1.50 bits per heavy atom. The summed E-state index contributed by atoms with van der Waals surface area (Å²) in [6.45, 7) is 8.00. The van der Waals surface area contributed by atoms with Gasteiger partial charge in [-0.3, -0.25) is 0 Å². The zero-order valence-corrected chi connectivity index (χ0v) is 8.59. The van der Waals surface area contributed by atoms with E-state index < -0.39 is 0 Å². The van der Waals surface area contributed by atoms with Crippen molar-refractivity contribution in [2.24, 2.45) is 0 Å². The Morgan fingerprint density at radius 2 is 1.50 bits per heavy atom. The zero-order chi connectivity index (χ0) is 2.00. The fourth-order valence-corrected chi connectivity index (χ4v) is 0. The maximum Gasteiger partial charge on any atom is 0 e. The largest absolute Gasteiger partial charge is 0.0906 e. The third-order valence-corrected chi connectivity index (χ3v) is 0. The Bertz CT molecular complexity index is 9.61. The molecule has 0 aromatic heterocycles. The summed E-state index contributed by atoms with van der Waals surface area (Å²) >= 11 is 0. The van der Waals surface area contributed by atoms with E-state index in [1.54, 1.807) is 0 Å². The molecule has 0 atom stereocenters. The second-order valence-corrected chi connectivity index (χ2v) is 0. The fraction of sp³-hybridized carbons (Fsp3) is 0. The molecule has 0 saturated heterocycles. The molecule has 0 spiro atoms. The molecule has 0 fully saturated rings. The average molecular weight is 266 g/mol. The minimum atomic E-state index is 0. The Balaban J connectivity index is -0.00000000167. The molecule has 23 valence electrons. The van der Waals surface area contributed by atoms with Crippen LogP contribution in [0.2, 0.25) is 0 Å².